The van der Waals surface area contributed by atoms with Crippen molar-refractivity contribution < 1.29 is 14.3 Å². The topological polar surface area (TPSA) is 139 Å². The number of ether oxygens (including phenoxy) is 2. The average molecular weight is 421 g/mol. The van der Waals surface area contributed by atoms with E-state index in [1.54, 1.807) is 18.2 Å². The van der Waals surface area contributed by atoms with Gasteiger partial charge in [0.05, 0.1) is 25.2 Å². The lowest BCUT2D eigenvalue weighted by molar-refractivity contribution is -0.118. The van der Waals surface area contributed by atoms with E-state index in [4.69, 9.17) is 9.47 Å². The number of benzene rings is 1. The lowest BCUT2D eigenvalue weighted by Gasteiger charge is -2.12. The summed E-state index contributed by atoms with van der Waals surface area (Å²) in [7, 11) is 0. The number of hydrazone groups is 1. The molecule has 0 aliphatic heterocycles. The first-order valence-corrected chi connectivity index (χ1v) is 10.0. The number of thioether (sulfide) groups is 1. The molecular formula is C18H23N5O5S. The van der Waals surface area contributed by atoms with Crippen LogP contribution in [0.5, 0.6) is 11.5 Å². The highest BCUT2D eigenvalue weighted by Gasteiger charge is 2.08. The lowest BCUT2D eigenvalue weighted by Crippen LogP contribution is -2.26. The third-order valence-corrected chi connectivity index (χ3v) is 4.40. The van der Waals surface area contributed by atoms with Crippen LogP contribution in [0.1, 0.15) is 32.3 Å². The van der Waals surface area contributed by atoms with Gasteiger partial charge in [-0.15, -0.1) is 0 Å². The molecule has 0 aliphatic rings. The normalized spacial score (nSPS) is 10.8. The van der Waals surface area contributed by atoms with Crippen LogP contribution in [-0.2, 0) is 4.79 Å². The zero-order valence-corrected chi connectivity index (χ0v) is 17.0. The van der Waals surface area contributed by atoms with Gasteiger partial charge in [-0.05, 0) is 37.1 Å². The monoisotopic (exact) mass is 421 g/mol. The van der Waals surface area contributed by atoms with Crippen molar-refractivity contribution in [3.05, 3.63) is 44.6 Å². The third kappa shape index (κ3) is 7.45. The van der Waals surface area contributed by atoms with E-state index in [-0.39, 0.29) is 10.8 Å². The van der Waals surface area contributed by atoms with Crippen LogP contribution in [0.4, 0.5) is 0 Å². The van der Waals surface area contributed by atoms with Crippen molar-refractivity contribution >= 4 is 23.9 Å². The van der Waals surface area contributed by atoms with Crippen molar-refractivity contribution in [2.24, 2.45) is 5.10 Å². The predicted octanol–water partition coefficient (Wildman–Crippen LogP) is 1.28. The quantitative estimate of drug-likeness (QED) is 0.215. The minimum atomic E-state index is -0.707. The van der Waals surface area contributed by atoms with E-state index in [2.05, 4.69) is 27.6 Å². The molecule has 2 rings (SSSR count). The molecule has 1 heterocycles. The van der Waals surface area contributed by atoms with Gasteiger partial charge in [0.25, 0.3) is 5.56 Å². The fraction of sp³-hybridized carbons (Fsp3) is 0.389. The smallest absolute Gasteiger partial charge is 0.342 e. The van der Waals surface area contributed by atoms with Gasteiger partial charge in [0.15, 0.2) is 16.5 Å². The Balaban J connectivity index is 1.91. The van der Waals surface area contributed by atoms with E-state index in [0.29, 0.717) is 24.7 Å². The molecule has 10 nitrogen and oxygen atoms in total. The Bertz CT molecular complexity index is 956. The van der Waals surface area contributed by atoms with Gasteiger partial charge in [-0.1, -0.05) is 25.1 Å². The van der Waals surface area contributed by atoms with Gasteiger partial charge in [-0.3, -0.25) is 14.6 Å². The summed E-state index contributed by atoms with van der Waals surface area (Å²) in [5, 5.41) is 9.56. The minimum absolute atomic E-state index is 0.0104. The summed E-state index contributed by atoms with van der Waals surface area (Å²) >= 11 is 0.883. The fourth-order valence-electron chi connectivity index (χ4n) is 2.10. The summed E-state index contributed by atoms with van der Waals surface area (Å²) in [5.41, 5.74) is 1.73. The largest absolute Gasteiger partial charge is 0.490 e. The first kappa shape index (κ1) is 22.2. The molecule has 0 spiro atoms. The van der Waals surface area contributed by atoms with Crippen molar-refractivity contribution in [1.82, 2.24) is 20.6 Å². The molecule has 1 aromatic heterocycles. The number of hydrogen-bond donors (Lipinski definition) is 3. The first-order valence-electron chi connectivity index (χ1n) is 9.06. The van der Waals surface area contributed by atoms with E-state index >= 15 is 0 Å². The Labute approximate surface area is 171 Å². The van der Waals surface area contributed by atoms with E-state index in [9.17, 15) is 14.4 Å². The molecule has 1 aromatic carbocycles. The molecule has 156 valence electrons. The number of amides is 1. The van der Waals surface area contributed by atoms with Crippen LogP contribution in [-0.4, -0.2) is 46.3 Å². The molecule has 0 saturated heterocycles. The molecule has 11 heteroatoms. The van der Waals surface area contributed by atoms with Crippen molar-refractivity contribution in [2.45, 2.75) is 31.7 Å². The summed E-state index contributed by atoms with van der Waals surface area (Å²) in [6.45, 7) is 5.09. The molecule has 3 N–H and O–H groups in total. The molecule has 0 radical (unpaired) electrons. The first-order chi connectivity index (χ1) is 14.0. The number of unbranched alkanes of at least 4 members (excludes halogenated alkanes) is 1. The maximum atomic E-state index is 11.9. The molecule has 0 saturated carbocycles. The maximum absolute atomic E-state index is 11.9. The number of carbonyl (C=O) groups is 1. The van der Waals surface area contributed by atoms with Crippen molar-refractivity contribution in [1.29, 1.82) is 0 Å². The highest BCUT2D eigenvalue weighted by molar-refractivity contribution is 7.99. The van der Waals surface area contributed by atoms with E-state index in [0.717, 1.165) is 30.2 Å². The number of nitrogens with zero attached hydrogens (tertiary/aromatic N) is 2. The second-order valence-corrected chi connectivity index (χ2v) is 6.70. The Morgan fingerprint density at radius 2 is 2.10 bits per heavy atom. The molecule has 0 unspecified atom stereocenters. The van der Waals surface area contributed by atoms with E-state index < -0.39 is 17.2 Å². The number of rotatable bonds is 11. The lowest BCUT2D eigenvalue weighted by atomic mass is 10.2. The van der Waals surface area contributed by atoms with Gasteiger partial charge in [0, 0.05) is 0 Å². The fourth-order valence-corrected chi connectivity index (χ4v) is 2.72. The molecule has 0 fully saturated rings. The number of H-pyrrole nitrogens is 2. The minimum Gasteiger partial charge on any atom is -0.490 e. The standard InChI is InChI=1S/C18H23N5O5S/c1-3-5-8-28-13-7-6-12(9-14(13)27-4-2)10-19-21-15(24)11-29-17-16(25)20-18(26)23-22-17/h6-7,9-10H,3-5,8,11H2,1-2H3,(H,21,24)(H2,20,23,25,26)/b19-10+. The van der Waals surface area contributed by atoms with Gasteiger partial charge in [0.2, 0.25) is 5.91 Å². The predicted molar refractivity (Wildman–Crippen MR) is 110 cm³/mol. The average Bonchev–Trinajstić information content (AvgIpc) is 2.69. The highest BCUT2D eigenvalue weighted by Crippen LogP contribution is 2.28. The van der Waals surface area contributed by atoms with Gasteiger partial charge >= 0.3 is 5.69 Å². The Hall–Kier alpha value is -3.08. The Morgan fingerprint density at radius 3 is 2.83 bits per heavy atom. The molecule has 1 amide bonds. The molecule has 29 heavy (non-hydrogen) atoms. The Kier molecular flexibility index (Phi) is 8.96. The van der Waals surface area contributed by atoms with Gasteiger partial charge < -0.3 is 9.47 Å². The molecule has 2 aromatic rings. The van der Waals surface area contributed by atoms with Gasteiger partial charge in [0.1, 0.15) is 0 Å². The number of carbonyl (C=O) groups excluding carboxylic acids is 1. The Morgan fingerprint density at radius 1 is 1.28 bits per heavy atom. The van der Waals surface area contributed by atoms with Crippen LogP contribution in [0.15, 0.2) is 37.9 Å². The zero-order chi connectivity index (χ0) is 21.1. The maximum Gasteiger partial charge on any atom is 0.342 e. The molecule has 0 bridgehead atoms. The zero-order valence-electron chi connectivity index (χ0n) is 16.2. The van der Waals surface area contributed by atoms with Gasteiger partial charge in [-0.25, -0.2) is 15.3 Å². The molecular weight excluding hydrogens is 398 g/mol. The number of aromatic nitrogens is 3. The summed E-state index contributed by atoms with van der Waals surface area (Å²) in [6, 6.07) is 5.38. The van der Waals surface area contributed by atoms with Gasteiger partial charge in [-0.2, -0.15) is 10.2 Å². The van der Waals surface area contributed by atoms with E-state index in [1.165, 1.54) is 6.21 Å². The number of nitrogens with one attached hydrogen (secondary N) is 3. The third-order valence-electron chi connectivity index (χ3n) is 3.45. The SMILES string of the molecule is CCCCOc1ccc(/C=N/NC(=O)CSc2n[nH]c(=O)[nH]c2=O)cc1OCC. The number of hydrogen-bond acceptors (Lipinski definition) is 8. The van der Waals surface area contributed by atoms with E-state index in [1.807, 2.05) is 11.9 Å². The van der Waals surface area contributed by atoms with Crippen LogP contribution in [0, 0.1) is 0 Å². The van der Waals surface area contributed by atoms with Crippen LogP contribution < -0.4 is 26.1 Å². The van der Waals surface area contributed by atoms with Crippen molar-refractivity contribution in [3.63, 3.8) is 0 Å². The van der Waals surface area contributed by atoms with Crippen LogP contribution >= 0.6 is 11.8 Å². The summed E-state index contributed by atoms with van der Waals surface area (Å²) < 4.78 is 11.3. The molecule has 0 atom stereocenters. The van der Waals surface area contributed by atoms with Crippen LogP contribution in [0.2, 0.25) is 0 Å². The van der Waals surface area contributed by atoms with Crippen molar-refractivity contribution in [2.75, 3.05) is 19.0 Å². The highest BCUT2D eigenvalue weighted by atomic mass is 32.2. The van der Waals surface area contributed by atoms with Crippen LogP contribution in [0.25, 0.3) is 0 Å². The van der Waals surface area contributed by atoms with Crippen molar-refractivity contribution in [3.8, 4) is 11.5 Å². The summed E-state index contributed by atoms with van der Waals surface area (Å²) in [6.07, 6.45) is 3.48. The summed E-state index contributed by atoms with van der Waals surface area (Å²) in [5.74, 6) is 0.756. The second-order valence-electron chi connectivity index (χ2n) is 5.74. The second kappa shape index (κ2) is 11.7. The van der Waals surface area contributed by atoms with Crippen LogP contribution in [0.3, 0.4) is 0 Å². The molecule has 0 aliphatic carbocycles. The number of aromatic amines is 2. The summed E-state index contributed by atoms with van der Waals surface area (Å²) in [4.78, 5) is 36.3.